The molecule has 0 spiro atoms. The van der Waals surface area contributed by atoms with Gasteiger partial charge in [-0.25, -0.2) is 9.78 Å². The Kier molecular flexibility index (Phi) is 4.01. The Labute approximate surface area is 130 Å². The summed E-state index contributed by atoms with van der Waals surface area (Å²) in [5.41, 5.74) is 1.15. The summed E-state index contributed by atoms with van der Waals surface area (Å²) in [7, 11) is 0. The van der Waals surface area contributed by atoms with E-state index in [1.165, 1.54) is 5.56 Å². The fourth-order valence-electron chi connectivity index (χ4n) is 2.16. The van der Waals surface area contributed by atoms with Crippen LogP contribution in [0.5, 0.6) is 0 Å². The van der Waals surface area contributed by atoms with Gasteiger partial charge in [-0.05, 0) is 40.0 Å². The fraction of sp³-hybridized carbons (Fsp3) is 0.125. The van der Waals surface area contributed by atoms with Crippen LogP contribution in [0.1, 0.15) is 5.56 Å². The van der Waals surface area contributed by atoms with Crippen LogP contribution in [0.25, 0.3) is 5.82 Å². The van der Waals surface area contributed by atoms with Crippen molar-refractivity contribution in [2.24, 2.45) is 0 Å². The number of imidazole rings is 1. The van der Waals surface area contributed by atoms with E-state index in [9.17, 15) is 4.79 Å². The van der Waals surface area contributed by atoms with Crippen molar-refractivity contribution in [2.45, 2.75) is 13.0 Å². The molecule has 2 aromatic heterocycles. The standard InChI is InChI=1S/C16H14BrN3O/c17-14-6-7-15(18-12-14)20-11-10-19(16(20)21)9-8-13-4-2-1-3-5-13/h1-7,10-12H,8-9H2. The number of halogens is 1. The van der Waals surface area contributed by atoms with Crippen LogP contribution in [0.2, 0.25) is 0 Å². The Balaban J connectivity index is 1.79. The van der Waals surface area contributed by atoms with Gasteiger partial charge >= 0.3 is 5.69 Å². The van der Waals surface area contributed by atoms with Crippen molar-refractivity contribution >= 4 is 15.9 Å². The van der Waals surface area contributed by atoms with Crippen LogP contribution >= 0.6 is 15.9 Å². The summed E-state index contributed by atoms with van der Waals surface area (Å²) in [6, 6.07) is 13.8. The van der Waals surface area contributed by atoms with Gasteiger partial charge < -0.3 is 0 Å². The molecule has 0 aliphatic heterocycles. The highest BCUT2D eigenvalue weighted by Gasteiger charge is 2.06. The molecule has 0 atom stereocenters. The zero-order chi connectivity index (χ0) is 14.7. The van der Waals surface area contributed by atoms with Gasteiger partial charge in [-0.1, -0.05) is 30.3 Å². The average Bonchev–Trinajstić information content (AvgIpc) is 2.88. The number of benzene rings is 1. The third-order valence-corrected chi connectivity index (χ3v) is 3.76. The molecule has 1 aromatic carbocycles. The zero-order valence-corrected chi connectivity index (χ0v) is 12.9. The molecular formula is C16H14BrN3O. The minimum Gasteiger partial charge on any atom is -0.299 e. The minimum atomic E-state index is -0.0687. The van der Waals surface area contributed by atoms with Gasteiger partial charge in [0.15, 0.2) is 0 Å². The molecule has 0 N–H and O–H groups in total. The molecule has 5 heteroatoms. The lowest BCUT2D eigenvalue weighted by Crippen LogP contribution is -2.24. The largest absolute Gasteiger partial charge is 0.333 e. The maximum absolute atomic E-state index is 12.3. The molecule has 0 saturated carbocycles. The number of nitrogens with zero attached hydrogens (tertiary/aromatic N) is 3. The molecule has 106 valence electrons. The summed E-state index contributed by atoms with van der Waals surface area (Å²) in [6.07, 6.45) is 6.07. The maximum atomic E-state index is 12.3. The number of hydrogen-bond acceptors (Lipinski definition) is 2. The molecule has 3 aromatic rings. The van der Waals surface area contributed by atoms with Crippen LogP contribution in [0.3, 0.4) is 0 Å². The molecule has 0 bridgehead atoms. The van der Waals surface area contributed by atoms with Crippen LogP contribution in [0.15, 0.2) is 70.3 Å². The van der Waals surface area contributed by atoms with E-state index in [0.29, 0.717) is 12.4 Å². The van der Waals surface area contributed by atoms with Crippen molar-refractivity contribution in [2.75, 3.05) is 0 Å². The molecule has 3 rings (SSSR count). The van der Waals surface area contributed by atoms with Crippen LogP contribution in [-0.2, 0) is 13.0 Å². The highest BCUT2D eigenvalue weighted by Crippen LogP contribution is 2.09. The number of rotatable bonds is 4. The van der Waals surface area contributed by atoms with Crippen LogP contribution in [0.4, 0.5) is 0 Å². The minimum absolute atomic E-state index is 0.0687. The van der Waals surface area contributed by atoms with E-state index in [-0.39, 0.29) is 5.69 Å². The molecule has 0 unspecified atom stereocenters. The predicted molar refractivity (Wildman–Crippen MR) is 85.7 cm³/mol. The lowest BCUT2D eigenvalue weighted by atomic mass is 10.1. The second-order valence-electron chi connectivity index (χ2n) is 4.71. The molecule has 4 nitrogen and oxygen atoms in total. The van der Waals surface area contributed by atoms with Crippen LogP contribution in [-0.4, -0.2) is 14.1 Å². The van der Waals surface area contributed by atoms with Crippen molar-refractivity contribution < 1.29 is 0 Å². The smallest absolute Gasteiger partial charge is 0.299 e. The van der Waals surface area contributed by atoms with Gasteiger partial charge in [0.05, 0.1) is 0 Å². The Morgan fingerprint density at radius 3 is 2.57 bits per heavy atom. The second-order valence-corrected chi connectivity index (χ2v) is 5.63. The SMILES string of the molecule is O=c1n(CCc2ccccc2)ccn1-c1ccc(Br)cn1. The van der Waals surface area contributed by atoms with E-state index in [4.69, 9.17) is 0 Å². The van der Waals surface area contributed by atoms with Crippen molar-refractivity contribution in [1.82, 2.24) is 14.1 Å². The van der Waals surface area contributed by atoms with Crippen molar-refractivity contribution in [3.8, 4) is 5.82 Å². The Morgan fingerprint density at radius 1 is 1.05 bits per heavy atom. The van der Waals surface area contributed by atoms with Crippen molar-refractivity contribution in [1.29, 1.82) is 0 Å². The first-order chi connectivity index (χ1) is 10.2. The Bertz CT molecular complexity index is 775. The Hall–Kier alpha value is -2.14. The van der Waals surface area contributed by atoms with Gasteiger partial charge in [0.2, 0.25) is 0 Å². The molecule has 2 heterocycles. The molecule has 0 saturated heterocycles. The number of aromatic nitrogens is 3. The van der Waals surface area contributed by atoms with Crippen molar-refractivity contribution in [3.05, 3.63) is 81.6 Å². The Morgan fingerprint density at radius 2 is 1.86 bits per heavy atom. The number of aryl methyl sites for hydroxylation is 2. The average molecular weight is 344 g/mol. The molecule has 21 heavy (non-hydrogen) atoms. The van der Waals surface area contributed by atoms with Crippen LogP contribution < -0.4 is 5.69 Å². The quantitative estimate of drug-likeness (QED) is 0.730. The monoisotopic (exact) mass is 343 g/mol. The summed E-state index contributed by atoms with van der Waals surface area (Å²) < 4.78 is 4.15. The lowest BCUT2D eigenvalue weighted by molar-refractivity contribution is 0.659. The summed E-state index contributed by atoms with van der Waals surface area (Å²) in [6.45, 7) is 0.659. The van der Waals surface area contributed by atoms with E-state index in [1.807, 2.05) is 30.3 Å². The molecular weight excluding hydrogens is 330 g/mol. The van der Waals surface area contributed by atoms with Gasteiger partial charge in [0.1, 0.15) is 5.82 Å². The first-order valence-corrected chi connectivity index (χ1v) is 7.47. The van der Waals surface area contributed by atoms with Gasteiger partial charge in [0.25, 0.3) is 0 Å². The van der Waals surface area contributed by atoms with E-state index < -0.39 is 0 Å². The molecule has 0 radical (unpaired) electrons. The first-order valence-electron chi connectivity index (χ1n) is 6.68. The lowest BCUT2D eigenvalue weighted by Gasteiger charge is -2.03. The van der Waals surface area contributed by atoms with E-state index in [2.05, 4.69) is 33.0 Å². The van der Waals surface area contributed by atoms with Gasteiger partial charge in [-0.3, -0.25) is 9.13 Å². The summed E-state index contributed by atoms with van der Waals surface area (Å²) in [5.74, 6) is 0.627. The zero-order valence-electron chi connectivity index (χ0n) is 11.3. The summed E-state index contributed by atoms with van der Waals surface area (Å²) in [5, 5.41) is 0. The van der Waals surface area contributed by atoms with Gasteiger partial charge in [0, 0.05) is 29.6 Å². The summed E-state index contributed by atoms with van der Waals surface area (Å²) >= 11 is 3.34. The topological polar surface area (TPSA) is 39.8 Å². The van der Waals surface area contributed by atoms with E-state index in [0.717, 1.165) is 10.9 Å². The van der Waals surface area contributed by atoms with E-state index in [1.54, 1.807) is 27.7 Å². The normalized spacial score (nSPS) is 10.7. The van der Waals surface area contributed by atoms with Gasteiger partial charge in [-0.2, -0.15) is 0 Å². The molecule has 0 amide bonds. The van der Waals surface area contributed by atoms with Gasteiger partial charge in [-0.15, -0.1) is 0 Å². The fourth-order valence-corrected chi connectivity index (χ4v) is 2.40. The summed E-state index contributed by atoms with van der Waals surface area (Å²) in [4.78, 5) is 16.6. The molecule has 0 aliphatic carbocycles. The predicted octanol–water partition coefficient (Wildman–Crippen LogP) is 3.04. The first kappa shape index (κ1) is 13.8. The molecule has 0 fully saturated rings. The third-order valence-electron chi connectivity index (χ3n) is 3.29. The van der Waals surface area contributed by atoms with E-state index >= 15 is 0 Å². The maximum Gasteiger partial charge on any atom is 0.333 e. The highest BCUT2D eigenvalue weighted by atomic mass is 79.9. The number of hydrogen-bond donors (Lipinski definition) is 0. The number of pyridine rings is 1. The van der Waals surface area contributed by atoms with Crippen LogP contribution in [0, 0.1) is 0 Å². The third kappa shape index (κ3) is 3.13. The highest BCUT2D eigenvalue weighted by molar-refractivity contribution is 9.10. The van der Waals surface area contributed by atoms with Crippen molar-refractivity contribution in [3.63, 3.8) is 0 Å². The second kappa shape index (κ2) is 6.10. The molecule has 0 aliphatic rings.